The lowest BCUT2D eigenvalue weighted by Gasteiger charge is -2.11. The van der Waals surface area contributed by atoms with Gasteiger partial charge in [-0.2, -0.15) is 0 Å². The molecule has 2 amide bonds. The molecule has 0 spiro atoms. The highest BCUT2D eigenvalue weighted by atomic mass is 16.2. The van der Waals surface area contributed by atoms with E-state index in [0.29, 0.717) is 19.0 Å². The molecule has 0 fully saturated rings. The summed E-state index contributed by atoms with van der Waals surface area (Å²) in [5, 5.41) is 11.7. The normalized spacial score (nSPS) is 10.8. The Morgan fingerprint density at radius 3 is 2.52 bits per heavy atom. The lowest BCUT2D eigenvalue weighted by Crippen LogP contribution is -2.37. The molecule has 0 aromatic heterocycles. The summed E-state index contributed by atoms with van der Waals surface area (Å²) in [6.45, 7) is 7.55. The minimum absolute atomic E-state index is 0.101. The van der Waals surface area contributed by atoms with Crippen LogP contribution in [-0.4, -0.2) is 31.1 Å². The summed E-state index contributed by atoms with van der Waals surface area (Å²) in [5.74, 6) is 3.20. The standard InChI is InChI=1S/C17H25N5O/c1-5-11-19-16(18-6-2)20-12-14-7-9-15(10-8-14)22-17(23)21-13(3)4/h1,7-10,13H,6,11-12H2,2-4H3,(H2,18,19,20)(H2,21,22,23). The zero-order chi connectivity index (χ0) is 17.1. The second-order valence-electron chi connectivity index (χ2n) is 5.20. The van der Waals surface area contributed by atoms with Gasteiger partial charge in [0.15, 0.2) is 5.96 Å². The van der Waals surface area contributed by atoms with Crippen LogP contribution in [0, 0.1) is 12.3 Å². The summed E-state index contributed by atoms with van der Waals surface area (Å²) in [6.07, 6.45) is 5.23. The maximum Gasteiger partial charge on any atom is 0.319 e. The molecule has 6 heteroatoms. The number of carbonyl (C=O) groups excluding carboxylic acids is 1. The second-order valence-corrected chi connectivity index (χ2v) is 5.20. The van der Waals surface area contributed by atoms with E-state index in [1.165, 1.54) is 0 Å². The lowest BCUT2D eigenvalue weighted by molar-refractivity contribution is 0.250. The van der Waals surface area contributed by atoms with Crippen molar-refractivity contribution < 1.29 is 4.79 Å². The van der Waals surface area contributed by atoms with Crippen molar-refractivity contribution >= 4 is 17.7 Å². The van der Waals surface area contributed by atoms with Crippen LogP contribution in [0.1, 0.15) is 26.3 Å². The minimum atomic E-state index is -0.210. The summed E-state index contributed by atoms with van der Waals surface area (Å²) < 4.78 is 0. The number of carbonyl (C=O) groups is 1. The van der Waals surface area contributed by atoms with E-state index in [-0.39, 0.29) is 12.1 Å². The van der Waals surface area contributed by atoms with Crippen LogP contribution in [0.4, 0.5) is 10.5 Å². The fourth-order valence-electron chi connectivity index (χ4n) is 1.77. The van der Waals surface area contributed by atoms with E-state index < -0.39 is 0 Å². The van der Waals surface area contributed by atoms with Crippen molar-refractivity contribution in [2.75, 3.05) is 18.4 Å². The van der Waals surface area contributed by atoms with E-state index in [9.17, 15) is 4.79 Å². The highest BCUT2D eigenvalue weighted by molar-refractivity contribution is 5.89. The van der Waals surface area contributed by atoms with Gasteiger partial charge in [-0.15, -0.1) is 6.42 Å². The van der Waals surface area contributed by atoms with Gasteiger partial charge in [-0.05, 0) is 38.5 Å². The maximum absolute atomic E-state index is 11.6. The molecule has 1 aromatic rings. The highest BCUT2D eigenvalue weighted by Crippen LogP contribution is 2.10. The molecule has 0 aliphatic carbocycles. The first-order chi connectivity index (χ1) is 11.0. The Labute approximate surface area is 138 Å². The van der Waals surface area contributed by atoms with Crippen LogP contribution in [0.3, 0.4) is 0 Å². The van der Waals surface area contributed by atoms with Gasteiger partial charge in [0.2, 0.25) is 0 Å². The molecule has 0 bridgehead atoms. The topological polar surface area (TPSA) is 77.5 Å². The smallest absolute Gasteiger partial charge is 0.319 e. The van der Waals surface area contributed by atoms with Crippen molar-refractivity contribution in [3.63, 3.8) is 0 Å². The second kappa shape index (κ2) is 10.1. The number of guanidine groups is 1. The molecule has 0 radical (unpaired) electrons. The molecule has 1 aromatic carbocycles. The summed E-state index contributed by atoms with van der Waals surface area (Å²) in [7, 11) is 0. The third-order valence-corrected chi connectivity index (χ3v) is 2.75. The minimum Gasteiger partial charge on any atom is -0.357 e. The Bertz CT molecular complexity index is 557. The first-order valence-corrected chi connectivity index (χ1v) is 7.67. The van der Waals surface area contributed by atoms with E-state index in [1.54, 1.807) is 0 Å². The monoisotopic (exact) mass is 315 g/mol. The van der Waals surface area contributed by atoms with E-state index in [0.717, 1.165) is 17.8 Å². The number of nitrogens with one attached hydrogen (secondary N) is 4. The van der Waals surface area contributed by atoms with Crippen molar-refractivity contribution in [2.45, 2.75) is 33.4 Å². The van der Waals surface area contributed by atoms with Crippen molar-refractivity contribution in [3.05, 3.63) is 29.8 Å². The van der Waals surface area contributed by atoms with Gasteiger partial charge in [-0.3, -0.25) is 0 Å². The fourth-order valence-corrected chi connectivity index (χ4v) is 1.77. The van der Waals surface area contributed by atoms with Crippen molar-refractivity contribution in [1.29, 1.82) is 0 Å². The van der Waals surface area contributed by atoms with E-state index in [2.05, 4.69) is 32.2 Å². The van der Waals surface area contributed by atoms with Crippen molar-refractivity contribution in [2.24, 2.45) is 4.99 Å². The molecule has 1 rings (SSSR count). The maximum atomic E-state index is 11.6. The van der Waals surface area contributed by atoms with E-state index in [1.807, 2.05) is 45.0 Å². The number of hydrogen-bond acceptors (Lipinski definition) is 2. The highest BCUT2D eigenvalue weighted by Gasteiger charge is 2.03. The van der Waals surface area contributed by atoms with Gasteiger partial charge < -0.3 is 21.3 Å². The Morgan fingerprint density at radius 2 is 1.96 bits per heavy atom. The van der Waals surface area contributed by atoms with Gasteiger partial charge in [-0.1, -0.05) is 18.1 Å². The number of anilines is 1. The third-order valence-electron chi connectivity index (χ3n) is 2.75. The molecule has 0 aliphatic heterocycles. The van der Waals surface area contributed by atoms with E-state index in [4.69, 9.17) is 6.42 Å². The van der Waals surface area contributed by atoms with Gasteiger partial charge in [0.05, 0.1) is 13.1 Å². The number of aliphatic imine (C=N–C) groups is 1. The molecule has 0 atom stereocenters. The van der Waals surface area contributed by atoms with Crippen LogP contribution in [0.2, 0.25) is 0 Å². The number of terminal acetylenes is 1. The van der Waals surface area contributed by atoms with Gasteiger partial charge in [-0.25, -0.2) is 9.79 Å². The summed E-state index contributed by atoms with van der Waals surface area (Å²) in [6, 6.07) is 7.46. The summed E-state index contributed by atoms with van der Waals surface area (Å²) >= 11 is 0. The SMILES string of the molecule is C#CCNC(=NCc1ccc(NC(=O)NC(C)C)cc1)NCC. The number of rotatable bonds is 6. The Balaban J connectivity index is 2.58. The molecule has 6 nitrogen and oxygen atoms in total. The summed E-state index contributed by atoms with van der Waals surface area (Å²) in [4.78, 5) is 16.1. The lowest BCUT2D eigenvalue weighted by atomic mass is 10.2. The quantitative estimate of drug-likeness (QED) is 0.368. The molecule has 4 N–H and O–H groups in total. The molecule has 124 valence electrons. The van der Waals surface area contributed by atoms with Crippen LogP contribution >= 0.6 is 0 Å². The van der Waals surface area contributed by atoms with Crippen LogP contribution < -0.4 is 21.3 Å². The van der Waals surface area contributed by atoms with E-state index >= 15 is 0 Å². The predicted octanol–water partition coefficient (Wildman–Crippen LogP) is 1.90. The average Bonchev–Trinajstić information content (AvgIpc) is 2.50. The number of urea groups is 1. The van der Waals surface area contributed by atoms with Crippen LogP contribution in [-0.2, 0) is 6.54 Å². The first-order valence-electron chi connectivity index (χ1n) is 7.67. The van der Waals surface area contributed by atoms with Gasteiger partial charge in [0.1, 0.15) is 0 Å². The molecule has 0 aliphatic rings. The molecule has 0 saturated heterocycles. The zero-order valence-corrected chi connectivity index (χ0v) is 13.9. The Morgan fingerprint density at radius 1 is 1.26 bits per heavy atom. The molecule has 0 unspecified atom stereocenters. The Kier molecular flexibility index (Phi) is 8.08. The largest absolute Gasteiger partial charge is 0.357 e. The number of benzene rings is 1. The number of amides is 2. The van der Waals surface area contributed by atoms with Crippen molar-refractivity contribution in [3.8, 4) is 12.3 Å². The van der Waals surface area contributed by atoms with Gasteiger partial charge in [0, 0.05) is 18.3 Å². The Hall–Kier alpha value is -2.68. The predicted molar refractivity (Wildman–Crippen MR) is 95.4 cm³/mol. The van der Waals surface area contributed by atoms with Gasteiger partial charge >= 0.3 is 6.03 Å². The fraction of sp³-hybridized carbons (Fsp3) is 0.412. The summed E-state index contributed by atoms with van der Waals surface area (Å²) in [5.41, 5.74) is 1.78. The molecule has 0 heterocycles. The molecular weight excluding hydrogens is 290 g/mol. The molecule has 0 saturated carbocycles. The zero-order valence-electron chi connectivity index (χ0n) is 13.9. The number of hydrogen-bond donors (Lipinski definition) is 4. The van der Waals surface area contributed by atoms with Crippen LogP contribution in [0.15, 0.2) is 29.3 Å². The molecule has 23 heavy (non-hydrogen) atoms. The van der Waals surface area contributed by atoms with Gasteiger partial charge in [0.25, 0.3) is 0 Å². The van der Waals surface area contributed by atoms with Crippen LogP contribution in [0.5, 0.6) is 0 Å². The first kappa shape index (κ1) is 18.4. The van der Waals surface area contributed by atoms with Crippen LogP contribution in [0.25, 0.3) is 0 Å². The van der Waals surface area contributed by atoms with Crippen molar-refractivity contribution in [1.82, 2.24) is 16.0 Å². The molecular formula is C17H25N5O. The number of nitrogens with zero attached hydrogens (tertiary/aromatic N) is 1. The third kappa shape index (κ3) is 7.77. The average molecular weight is 315 g/mol.